The van der Waals surface area contributed by atoms with Crippen LogP contribution in [0.3, 0.4) is 0 Å². The van der Waals surface area contributed by atoms with Crippen LogP contribution >= 0.6 is 0 Å². The molecule has 5 saturated heterocycles. The van der Waals surface area contributed by atoms with E-state index in [1.165, 1.54) is 12.5 Å². The predicted octanol–water partition coefficient (Wildman–Crippen LogP) is 0.214. The SMILES string of the molecule is CC1O[C@@H](O[C@H]2C(O)[C@H](O[C@@H]3OC(CO)[C@@H](O)C(O)[C@@H]3O)C(CO)O[C@H]2O[C@H]2CC[C@@]3(C)C(=CC[C@H]4[C@@H]5C[C@@H]6O[C@]7(CC[C@@H](C)CO7)[C@@H](C)[C@@H]6[C@@]5(C)CC[C@@H]43)C2)[C@@H](O)C(O)[C@H]1O. The van der Waals surface area contributed by atoms with Gasteiger partial charge in [-0.2, -0.15) is 0 Å². The molecule has 9 N–H and O–H groups in total. The molecule has 0 aromatic rings. The largest absolute Gasteiger partial charge is 0.394 e. The van der Waals surface area contributed by atoms with E-state index < -0.39 is 111 Å². The molecule has 26 atom stereocenters. The lowest BCUT2D eigenvalue weighted by Gasteiger charge is -2.58. The maximum Gasteiger partial charge on any atom is 0.187 e. The van der Waals surface area contributed by atoms with Gasteiger partial charge in [0, 0.05) is 12.3 Å². The lowest BCUT2D eigenvalue weighted by atomic mass is 9.47. The van der Waals surface area contributed by atoms with Crippen molar-refractivity contribution in [2.45, 2.75) is 203 Å². The monoisotopic (exact) mass is 884 g/mol. The van der Waals surface area contributed by atoms with Crippen LogP contribution < -0.4 is 0 Å². The first-order chi connectivity index (χ1) is 29.4. The standard InChI is InChI=1S/C45H72O17/c1-19-8-13-45(55-18-19)20(2)30-27(62-45)15-26-24-7-6-22-14-23(9-11-43(22,4)25(24)10-12-44(26,30)5)57-42-39(61-40-35(52)33(50)31(48)21(3)56-40)37(54)38(29(17-47)59-42)60-41-36(53)34(51)32(49)28(16-46)58-41/h6,19-21,23-42,46-54H,7-18H2,1-5H3/t19-,20+,21?,23+,24-,25+,26+,27+,28?,29?,30+,31+,32-,33?,34?,35+,36+,37?,38-,39+,40+,41+,42-,43+,44+,45-/m1/s1. The number of hydrogen-bond donors (Lipinski definition) is 9. The number of hydrogen-bond acceptors (Lipinski definition) is 17. The zero-order chi connectivity index (χ0) is 44.2. The molecule has 8 fully saturated rings. The van der Waals surface area contributed by atoms with Gasteiger partial charge in [0.2, 0.25) is 0 Å². The number of rotatable bonds is 8. The molecular formula is C45H72O17. The quantitative estimate of drug-likeness (QED) is 0.148. The van der Waals surface area contributed by atoms with Gasteiger partial charge in [0.15, 0.2) is 24.7 Å². The van der Waals surface area contributed by atoms with Crippen LogP contribution in [0.1, 0.15) is 92.4 Å². The van der Waals surface area contributed by atoms with E-state index in [-0.39, 0.29) is 23.0 Å². The third-order valence-corrected chi connectivity index (χ3v) is 17.7. The van der Waals surface area contributed by atoms with Crippen LogP contribution in [0.5, 0.6) is 0 Å². The summed E-state index contributed by atoms with van der Waals surface area (Å²) in [6, 6.07) is 0. The van der Waals surface area contributed by atoms with Gasteiger partial charge >= 0.3 is 0 Å². The topological polar surface area (TPSA) is 256 Å². The van der Waals surface area contributed by atoms with Gasteiger partial charge in [-0.15, -0.1) is 0 Å². The number of aliphatic hydroxyl groups is 9. The van der Waals surface area contributed by atoms with E-state index in [0.29, 0.717) is 48.3 Å². The van der Waals surface area contributed by atoms with Gasteiger partial charge < -0.3 is 83.9 Å². The van der Waals surface area contributed by atoms with E-state index in [0.717, 1.165) is 51.6 Å². The normalized spacial score (nSPS) is 57.6. The summed E-state index contributed by atoms with van der Waals surface area (Å²) in [6.07, 6.45) is -12.0. The minimum atomic E-state index is -1.82. The van der Waals surface area contributed by atoms with Crippen molar-refractivity contribution in [3.63, 3.8) is 0 Å². The predicted molar refractivity (Wildman–Crippen MR) is 214 cm³/mol. The molecule has 17 nitrogen and oxygen atoms in total. The number of aliphatic hydroxyl groups excluding tert-OH is 9. The van der Waals surface area contributed by atoms with Gasteiger partial charge in [0.25, 0.3) is 0 Å². The smallest absolute Gasteiger partial charge is 0.187 e. The molecule has 0 aromatic heterocycles. The van der Waals surface area contributed by atoms with Crippen molar-refractivity contribution in [3.05, 3.63) is 11.6 Å². The van der Waals surface area contributed by atoms with E-state index >= 15 is 0 Å². The van der Waals surface area contributed by atoms with Gasteiger partial charge in [-0.3, -0.25) is 0 Å². The lowest BCUT2D eigenvalue weighted by molar-refractivity contribution is -0.389. The summed E-state index contributed by atoms with van der Waals surface area (Å²) >= 11 is 0. The van der Waals surface area contributed by atoms with Crippen molar-refractivity contribution in [1.29, 1.82) is 0 Å². The molecule has 17 heteroatoms. The maximum atomic E-state index is 12.0. The molecule has 5 aliphatic heterocycles. The van der Waals surface area contributed by atoms with Crippen LogP contribution in [-0.4, -0.2) is 176 Å². The summed E-state index contributed by atoms with van der Waals surface area (Å²) < 4.78 is 49.9. The fraction of sp³-hybridized carbons (Fsp3) is 0.956. The van der Waals surface area contributed by atoms with Crippen molar-refractivity contribution in [1.82, 2.24) is 0 Å². The minimum Gasteiger partial charge on any atom is -0.394 e. The molecule has 0 aromatic carbocycles. The second kappa shape index (κ2) is 17.3. The highest BCUT2D eigenvalue weighted by molar-refractivity contribution is 5.26. The number of allylic oxidation sites excluding steroid dienone is 1. The van der Waals surface area contributed by atoms with Gasteiger partial charge in [-0.25, -0.2) is 0 Å². The molecule has 1 spiro atoms. The zero-order valence-corrected chi connectivity index (χ0v) is 36.6. The Morgan fingerprint density at radius 3 is 2.05 bits per heavy atom. The molecule has 0 amide bonds. The summed E-state index contributed by atoms with van der Waals surface area (Å²) in [7, 11) is 0. The number of ether oxygens (including phenoxy) is 8. The number of fused-ring (bicyclic) bond motifs is 7. The molecule has 9 rings (SSSR count). The molecule has 4 aliphatic carbocycles. The minimum absolute atomic E-state index is 0.0356. The molecule has 9 aliphatic rings. The fourth-order valence-corrected chi connectivity index (χ4v) is 14.0. The van der Waals surface area contributed by atoms with Gasteiger partial charge in [0.1, 0.15) is 67.1 Å². The van der Waals surface area contributed by atoms with Crippen molar-refractivity contribution in [2.75, 3.05) is 19.8 Å². The Morgan fingerprint density at radius 1 is 0.677 bits per heavy atom. The van der Waals surface area contributed by atoms with Crippen molar-refractivity contribution in [2.24, 2.45) is 46.3 Å². The van der Waals surface area contributed by atoms with Crippen LogP contribution in [0, 0.1) is 46.3 Å². The molecule has 0 bridgehead atoms. The van der Waals surface area contributed by atoms with Crippen molar-refractivity contribution >= 4 is 0 Å². The molecule has 0 radical (unpaired) electrons. The summed E-state index contributed by atoms with van der Waals surface area (Å²) in [4.78, 5) is 0. The lowest BCUT2D eigenvalue weighted by Crippen LogP contribution is -2.67. The van der Waals surface area contributed by atoms with E-state index in [1.54, 1.807) is 0 Å². The van der Waals surface area contributed by atoms with E-state index in [4.69, 9.17) is 37.9 Å². The van der Waals surface area contributed by atoms with E-state index in [9.17, 15) is 46.0 Å². The van der Waals surface area contributed by atoms with Crippen LogP contribution in [0.25, 0.3) is 0 Å². The van der Waals surface area contributed by atoms with Crippen LogP contribution in [0.15, 0.2) is 11.6 Å². The van der Waals surface area contributed by atoms with E-state index in [1.807, 2.05) is 0 Å². The molecule has 3 saturated carbocycles. The first-order valence-electron chi connectivity index (χ1n) is 23.4. The third-order valence-electron chi connectivity index (χ3n) is 17.7. The molecule has 354 valence electrons. The highest BCUT2D eigenvalue weighted by atomic mass is 16.8. The highest BCUT2D eigenvalue weighted by Crippen LogP contribution is 2.70. The Morgan fingerprint density at radius 2 is 1.35 bits per heavy atom. The second-order valence-corrected chi connectivity index (χ2v) is 21.1. The summed E-state index contributed by atoms with van der Waals surface area (Å²) in [5.41, 5.74) is 1.48. The Kier molecular flexibility index (Phi) is 12.9. The Bertz CT molecular complexity index is 1610. The molecular weight excluding hydrogens is 812 g/mol. The first-order valence-corrected chi connectivity index (χ1v) is 23.4. The molecule has 62 heavy (non-hydrogen) atoms. The summed E-state index contributed by atoms with van der Waals surface area (Å²) in [5.74, 6) is 2.56. The van der Waals surface area contributed by atoms with Crippen molar-refractivity contribution in [3.8, 4) is 0 Å². The van der Waals surface area contributed by atoms with Crippen LogP contribution in [0.4, 0.5) is 0 Å². The molecule has 6 unspecified atom stereocenters. The fourth-order valence-electron chi connectivity index (χ4n) is 14.0. The Hall–Kier alpha value is -0.940. The van der Waals surface area contributed by atoms with Gasteiger partial charge in [0.05, 0.1) is 38.1 Å². The van der Waals surface area contributed by atoms with Crippen molar-refractivity contribution < 1.29 is 83.9 Å². The first kappa shape index (κ1) is 46.2. The summed E-state index contributed by atoms with van der Waals surface area (Å²) in [6.45, 7) is 10.4. The summed E-state index contributed by atoms with van der Waals surface area (Å²) in [5, 5.41) is 95.7. The third kappa shape index (κ3) is 7.49. The average Bonchev–Trinajstić information content (AvgIpc) is 3.70. The zero-order valence-electron chi connectivity index (χ0n) is 36.6. The Labute approximate surface area is 363 Å². The average molecular weight is 885 g/mol. The van der Waals surface area contributed by atoms with E-state index in [2.05, 4.69) is 33.8 Å². The van der Waals surface area contributed by atoms with Crippen LogP contribution in [0.2, 0.25) is 0 Å². The van der Waals surface area contributed by atoms with Gasteiger partial charge in [-0.1, -0.05) is 39.3 Å². The second-order valence-electron chi connectivity index (χ2n) is 21.1. The maximum absolute atomic E-state index is 12.0. The van der Waals surface area contributed by atoms with Crippen LogP contribution in [-0.2, 0) is 37.9 Å². The highest BCUT2D eigenvalue weighted by Gasteiger charge is 2.69. The Balaban J connectivity index is 0.917. The van der Waals surface area contributed by atoms with Gasteiger partial charge in [-0.05, 0) is 98.7 Å². The molecule has 5 heterocycles.